The third-order valence-electron chi connectivity index (χ3n) is 11.9. The van der Waals surface area contributed by atoms with Crippen molar-refractivity contribution in [1.29, 1.82) is 0 Å². The molecule has 0 radical (unpaired) electrons. The van der Waals surface area contributed by atoms with Gasteiger partial charge >= 0.3 is 0 Å². The van der Waals surface area contributed by atoms with E-state index in [4.69, 9.17) is 0 Å². The molecule has 0 aliphatic carbocycles. The van der Waals surface area contributed by atoms with E-state index in [2.05, 4.69) is 31.3 Å². The molecule has 0 bridgehead atoms. The number of aliphatic hydroxyl groups is 3. The second-order valence-electron chi connectivity index (χ2n) is 17.4. The maximum Gasteiger partial charge on any atom is 0.220 e. The molecule has 55 heavy (non-hydrogen) atoms. The van der Waals surface area contributed by atoms with Crippen LogP contribution in [0.15, 0.2) is 12.2 Å². The molecule has 5 nitrogen and oxygen atoms in total. The van der Waals surface area contributed by atoms with E-state index in [0.717, 1.165) is 38.5 Å². The van der Waals surface area contributed by atoms with Gasteiger partial charge in [0.15, 0.2) is 0 Å². The first kappa shape index (κ1) is 54.1. The summed E-state index contributed by atoms with van der Waals surface area (Å²) in [6.07, 6.45) is 55.0. The molecule has 0 heterocycles. The molecule has 5 heteroatoms. The summed E-state index contributed by atoms with van der Waals surface area (Å²) in [6, 6.07) is -0.820. The Balaban J connectivity index is 3.48. The monoisotopic (exact) mass is 778 g/mol. The highest BCUT2D eigenvalue weighted by Crippen LogP contribution is 2.17. The van der Waals surface area contributed by atoms with E-state index < -0.39 is 18.2 Å². The van der Waals surface area contributed by atoms with Gasteiger partial charge in [-0.05, 0) is 38.5 Å². The Bertz CT molecular complexity index is 773. The molecule has 0 aromatic rings. The summed E-state index contributed by atoms with van der Waals surface area (Å²) in [5.41, 5.74) is 0. The molecule has 328 valence electrons. The first-order valence-electron chi connectivity index (χ1n) is 25.0. The molecular formula is C50H99NO4. The predicted octanol–water partition coefficient (Wildman–Crippen LogP) is 14.8. The van der Waals surface area contributed by atoms with Crippen molar-refractivity contribution in [3.05, 3.63) is 12.2 Å². The summed E-state index contributed by atoms with van der Waals surface area (Å²) < 4.78 is 0. The Morgan fingerprint density at radius 1 is 0.436 bits per heavy atom. The minimum atomic E-state index is -1.15. The van der Waals surface area contributed by atoms with E-state index in [0.29, 0.717) is 12.8 Å². The highest BCUT2D eigenvalue weighted by Gasteiger charge is 2.26. The molecule has 0 aliphatic heterocycles. The summed E-state index contributed by atoms with van der Waals surface area (Å²) in [7, 11) is 0. The highest BCUT2D eigenvalue weighted by atomic mass is 16.3. The molecule has 0 saturated heterocycles. The average molecular weight is 778 g/mol. The zero-order chi connectivity index (χ0) is 40.1. The van der Waals surface area contributed by atoms with Crippen LogP contribution in [0, 0.1) is 0 Å². The summed E-state index contributed by atoms with van der Waals surface area (Å²) >= 11 is 0. The molecular weight excluding hydrogens is 679 g/mol. The maximum atomic E-state index is 12.4. The lowest BCUT2D eigenvalue weighted by Crippen LogP contribution is -2.50. The molecule has 4 N–H and O–H groups in total. The first-order valence-corrected chi connectivity index (χ1v) is 25.0. The number of unbranched alkanes of at least 4 members (excludes halogenated alkanes) is 36. The van der Waals surface area contributed by atoms with Crippen molar-refractivity contribution in [2.45, 2.75) is 295 Å². The summed E-state index contributed by atoms with van der Waals surface area (Å²) in [6.45, 7) is 4.17. The highest BCUT2D eigenvalue weighted by molar-refractivity contribution is 5.76. The number of aliphatic hydroxyl groups excluding tert-OH is 3. The molecule has 0 saturated carbocycles. The van der Waals surface area contributed by atoms with E-state index in [1.807, 2.05) is 0 Å². The van der Waals surface area contributed by atoms with Crippen LogP contribution in [0.5, 0.6) is 0 Å². The molecule has 0 aromatic heterocycles. The number of carbonyl (C=O) groups is 1. The van der Waals surface area contributed by atoms with Gasteiger partial charge in [0.05, 0.1) is 18.8 Å². The summed E-state index contributed by atoms with van der Waals surface area (Å²) in [5, 5.41) is 33.5. The van der Waals surface area contributed by atoms with Crippen molar-refractivity contribution in [3.8, 4) is 0 Å². The lowest BCUT2D eigenvalue weighted by atomic mass is 10.0. The van der Waals surface area contributed by atoms with E-state index in [9.17, 15) is 20.1 Å². The van der Waals surface area contributed by atoms with Gasteiger partial charge in [-0.1, -0.05) is 244 Å². The number of rotatable bonds is 46. The SMILES string of the molecule is CCCCCCCCC/C=C/CCCC(O)C(O)C(CO)NC(=O)CCCCCCCCCCCCCCCCCCCCCCCCCCCCCCC. The lowest BCUT2D eigenvalue weighted by molar-refractivity contribution is -0.124. The third kappa shape index (κ3) is 41.1. The van der Waals surface area contributed by atoms with Crippen LogP contribution in [-0.4, -0.2) is 46.1 Å². The lowest BCUT2D eigenvalue weighted by Gasteiger charge is -2.26. The van der Waals surface area contributed by atoms with Crippen molar-refractivity contribution in [3.63, 3.8) is 0 Å². The molecule has 1 amide bonds. The van der Waals surface area contributed by atoms with Crippen molar-refractivity contribution in [1.82, 2.24) is 5.32 Å². The van der Waals surface area contributed by atoms with Crippen LogP contribution in [0.3, 0.4) is 0 Å². The fraction of sp³-hybridized carbons (Fsp3) is 0.940. The Hall–Kier alpha value is -0.910. The fourth-order valence-electron chi connectivity index (χ4n) is 7.99. The van der Waals surface area contributed by atoms with Gasteiger partial charge in [0.2, 0.25) is 5.91 Å². The minimum absolute atomic E-state index is 0.149. The normalized spacial score (nSPS) is 13.5. The molecule has 0 fully saturated rings. The van der Waals surface area contributed by atoms with Crippen LogP contribution in [-0.2, 0) is 4.79 Å². The molecule has 0 spiro atoms. The second kappa shape index (κ2) is 45.8. The summed E-state index contributed by atoms with van der Waals surface area (Å²) in [4.78, 5) is 12.4. The van der Waals surface area contributed by atoms with Crippen molar-refractivity contribution in [2.24, 2.45) is 0 Å². The van der Waals surface area contributed by atoms with Gasteiger partial charge in [0.1, 0.15) is 6.10 Å². The third-order valence-corrected chi connectivity index (χ3v) is 11.9. The van der Waals surface area contributed by atoms with Gasteiger partial charge in [0, 0.05) is 6.42 Å². The number of carbonyl (C=O) groups excluding carboxylic acids is 1. The zero-order valence-corrected chi connectivity index (χ0v) is 37.3. The van der Waals surface area contributed by atoms with Crippen molar-refractivity contribution in [2.75, 3.05) is 6.61 Å². The minimum Gasteiger partial charge on any atom is -0.394 e. The standard InChI is InChI=1S/C50H99NO4/c1-3-5-7-9-11-13-15-17-18-19-20-21-22-23-24-25-26-27-28-29-30-31-32-33-35-37-39-41-43-45-49(54)51-47(46-52)50(55)48(53)44-42-40-38-36-34-16-14-12-10-8-6-4-2/h36,38,47-48,50,52-53,55H,3-35,37,39-46H2,1-2H3,(H,51,54)/b38-36+. The van der Waals surface area contributed by atoms with Crippen LogP contribution in [0.25, 0.3) is 0 Å². The molecule has 0 aliphatic rings. The molecule has 0 rings (SSSR count). The van der Waals surface area contributed by atoms with Gasteiger partial charge in [0.25, 0.3) is 0 Å². The van der Waals surface area contributed by atoms with Gasteiger partial charge in [-0.15, -0.1) is 0 Å². The Kier molecular flexibility index (Phi) is 45.0. The van der Waals surface area contributed by atoms with E-state index in [-0.39, 0.29) is 12.5 Å². The smallest absolute Gasteiger partial charge is 0.220 e. The first-order chi connectivity index (χ1) is 27.1. The number of hydrogen-bond acceptors (Lipinski definition) is 4. The molecule has 3 unspecified atom stereocenters. The fourth-order valence-corrected chi connectivity index (χ4v) is 7.99. The van der Waals surface area contributed by atoms with E-state index >= 15 is 0 Å². The Morgan fingerprint density at radius 3 is 1.05 bits per heavy atom. The van der Waals surface area contributed by atoms with Gasteiger partial charge in [-0.25, -0.2) is 0 Å². The average Bonchev–Trinajstić information content (AvgIpc) is 3.19. The Labute approximate surface area is 344 Å². The number of amides is 1. The van der Waals surface area contributed by atoms with Crippen LogP contribution in [0.2, 0.25) is 0 Å². The molecule has 3 atom stereocenters. The van der Waals surface area contributed by atoms with E-state index in [1.165, 1.54) is 212 Å². The molecule has 0 aromatic carbocycles. The van der Waals surface area contributed by atoms with Gasteiger partial charge in [-0.2, -0.15) is 0 Å². The number of nitrogens with one attached hydrogen (secondary N) is 1. The Morgan fingerprint density at radius 2 is 0.727 bits per heavy atom. The number of hydrogen-bond donors (Lipinski definition) is 4. The van der Waals surface area contributed by atoms with Crippen LogP contribution >= 0.6 is 0 Å². The van der Waals surface area contributed by atoms with Crippen LogP contribution < -0.4 is 5.32 Å². The van der Waals surface area contributed by atoms with Crippen molar-refractivity contribution >= 4 is 5.91 Å². The predicted molar refractivity (Wildman–Crippen MR) is 241 cm³/mol. The van der Waals surface area contributed by atoms with Crippen LogP contribution in [0.1, 0.15) is 277 Å². The summed E-state index contributed by atoms with van der Waals surface area (Å²) in [5.74, 6) is -0.149. The van der Waals surface area contributed by atoms with Gasteiger partial charge < -0.3 is 20.6 Å². The number of allylic oxidation sites excluding steroid dienone is 2. The topological polar surface area (TPSA) is 89.8 Å². The maximum absolute atomic E-state index is 12.4. The van der Waals surface area contributed by atoms with E-state index in [1.54, 1.807) is 0 Å². The van der Waals surface area contributed by atoms with Gasteiger partial charge in [-0.3, -0.25) is 4.79 Å². The zero-order valence-electron chi connectivity index (χ0n) is 37.3. The van der Waals surface area contributed by atoms with Crippen LogP contribution in [0.4, 0.5) is 0 Å². The quantitative estimate of drug-likeness (QED) is 0.0366. The second-order valence-corrected chi connectivity index (χ2v) is 17.4. The van der Waals surface area contributed by atoms with Crippen molar-refractivity contribution < 1.29 is 20.1 Å². The largest absolute Gasteiger partial charge is 0.394 e.